The SMILES string of the molecule is CCCc1cc(C(=O)NCCNc2cc(C)ccn2)n(C)n1. The lowest BCUT2D eigenvalue weighted by Crippen LogP contribution is -2.30. The Hall–Kier alpha value is -2.37. The van der Waals surface area contributed by atoms with Gasteiger partial charge >= 0.3 is 0 Å². The quantitative estimate of drug-likeness (QED) is 0.766. The summed E-state index contributed by atoms with van der Waals surface area (Å²) in [4.78, 5) is 16.3. The molecule has 0 aliphatic heterocycles. The van der Waals surface area contributed by atoms with Gasteiger partial charge in [-0.2, -0.15) is 5.10 Å². The van der Waals surface area contributed by atoms with Crippen LogP contribution >= 0.6 is 0 Å². The average Bonchev–Trinajstić information content (AvgIpc) is 2.85. The molecule has 0 fully saturated rings. The zero-order chi connectivity index (χ0) is 15.9. The van der Waals surface area contributed by atoms with Crippen LogP contribution in [0.4, 0.5) is 5.82 Å². The minimum atomic E-state index is -0.101. The zero-order valence-corrected chi connectivity index (χ0v) is 13.4. The molecule has 0 unspecified atom stereocenters. The van der Waals surface area contributed by atoms with E-state index < -0.39 is 0 Å². The summed E-state index contributed by atoms with van der Waals surface area (Å²) >= 11 is 0. The van der Waals surface area contributed by atoms with Gasteiger partial charge in [-0.25, -0.2) is 4.98 Å². The summed E-state index contributed by atoms with van der Waals surface area (Å²) in [5, 5.41) is 10.4. The Morgan fingerprint density at radius 1 is 1.32 bits per heavy atom. The number of pyridine rings is 1. The summed E-state index contributed by atoms with van der Waals surface area (Å²) in [5.41, 5.74) is 2.70. The Kier molecular flexibility index (Phi) is 5.52. The normalized spacial score (nSPS) is 10.5. The van der Waals surface area contributed by atoms with E-state index in [0.29, 0.717) is 18.8 Å². The molecule has 2 N–H and O–H groups in total. The summed E-state index contributed by atoms with van der Waals surface area (Å²) in [5.74, 6) is 0.719. The van der Waals surface area contributed by atoms with Crippen molar-refractivity contribution in [3.05, 3.63) is 41.3 Å². The maximum Gasteiger partial charge on any atom is 0.269 e. The third-order valence-corrected chi connectivity index (χ3v) is 3.30. The van der Waals surface area contributed by atoms with Crippen molar-refractivity contribution in [2.45, 2.75) is 26.7 Å². The minimum Gasteiger partial charge on any atom is -0.368 e. The molecule has 0 spiro atoms. The smallest absolute Gasteiger partial charge is 0.269 e. The van der Waals surface area contributed by atoms with Gasteiger partial charge in [-0.3, -0.25) is 9.48 Å². The fraction of sp³-hybridized carbons (Fsp3) is 0.438. The van der Waals surface area contributed by atoms with Crippen molar-refractivity contribution < 1.29 is 4.79 Å². The van der Waals surface area contributed by atoms with Crippen molar-refractivity contribution in [2.75, 3.05) is 18.4 Å². The molecule has 0 radical (unpaired) electrons. The highest BCUT2D eigenvalue weighted by atomic mass is 16.2. The first-order valence-corrected chi connectivity index (χ1v) is 7.57. The summed E-state index contributed by atoms with van der Waals surface area (Å²) < 4.78 is 1.63. The van der Waals surface area contributed by atoms with Crippen molar-refractivity contribution >= 4 is 11.7 Å². The molecule has 2 heterocycles. The van der Waals surface area contributed by atoms with E-state index in [1.165, 1.54) is 0 Å². The Morgan fingerprint density at radius 3 is 2.86 bits per heavy atom. The van der Waals surface area contributed by atoms with Crippen LogP contribution in [-0.2, 0) is 13.5 Å². The maximum atomic E-state index is 12.1. The zero-order valence-electron chi connectivity index (χ0n) is 13.4. The molecule has 118 valence electrons. The molecule has 0 atom stereocenters. The van der Waals surface area contributed by atoms with Crippen molar-refractivity contribution in [1.82, 2.24) is 20.1 Å². The first kappa shape index (κ1) is 16.0. The molecule has 0 aromatic carbocycles. The molecule has 0 saturated carbocycles. The van der Waals surface area contributed by atoms with Crippen LogP contribution in [0, 0.1) is 6.92 Å². The van der Waals surface area contributed by atoms with Crippen molar-refractivity contribution in [1.29, 1.82) is 0 Å². The monoisotopic (exact) mass is 301 g/mol. The molecular weight excluding hydrogens is 278 g/mol. The summed E-state index contributed by atoms with van der Waals surface area (Å²) in [6, 6.07) is 5.78. The van der Waals surface area contributed by atoms with Crippen LogP contribution in [0.5, 0.6) is 0 Å². The van der Waals surface area contributed by atoms with Gasteiger partial charge in [-0.15, -0.1) is 0 Å². The van der Waals surface area contributed by atoms with Gasteiger partial charge in [0, 0.05) is 26.3 Å². The third-order valence-electron chi connectivity index (χ3n) is 3.30. The Balaban J connectivity index is 1.80. The molecule has 22 heavy (non-hydrogen) atoms. The maximum absolute atomic E-state index is 12.1. The van der Waals surface area contributed by atoms with E-state index in [4.69, 9.17) is 0 Å². The summed E-state index contributed by atoms with van der Waals surface area (Å²) in [6.45, 7) is 5.27. The molecule has 0 bridgehead atoms. The molecule has 0 aliphatic carbocycles. The predicted octanol–water partition coefficient (Wildman–Crippen LogP) is 1.92. The number of carbonyl (C=O) groups is 1. The van der Waals surface area contributed by atoms with Crippen LogP contribution < -0.4 is 10.6 Å². The lowest BCUT2D eigenvalue weighted by molar-refractivity contribution is 0.0946. The van der Waals surface area contributed by atoms with E-state index in [1.807, 2.05) is 25.1 Å². The molecular formula is C16H23N5O. The lowest BCUT2D eigenvalue weighted by atomic mass is 10.2. The van der Waals surface area contributed by atoms with Crippen molar-refractivity contribution in [3.63, 3.8) is 0 Å². The lowest BCUT2D eigenvalue weighted by Gasteiger charge is -2.07. The number of aryl methyl sites for hydroxylation is 3. The Morgan fingerprint density at radius 2 is 2.14 bits per heavy atom. The number of nitrogens with zero attached hydrogens (tertiary/aromatic N) is 3. The van der Waals surface area contributed by atoms with Crippen molar-refractivity contribution in [2.24, 2.45) is 7.05 Å². The van der Waals surface area contributed by atoms with E-state index in [9.17, 15) is 4.79 Å². The number of anilines is 1. The van der Waals surface area contributed by atoms with Gasteiger partial charge < -0.3 is 10.6 Å². The standard InChI is InChI=1S/C16H23N5O/c1-4-5-13-11-14(21(3)20-13)16(22)19-9-8-18-15-10-12(2)6-7-17-15/h6-7,10-11H,4-5,8-9H2,1-3H3,(H,17,18)(H,19,22). The van der Waals surface area contributed by atoms with E-state index in [2.05, 4.69) is 27.6 Å². The highest BCUT2D eigenvalue weighted by Gasteiger charge is 2.12. The number of rotatable bonds is 7. The van der Waals surface area contributed by atoms with Gasteiger partial charge in [0.2, 0.25) is 0 Å². The van der Waals surface area contributed by atoms with Gasteiger partial charge in [0.15, 0.2) is 0 Å². The number of nitrogens with one attached hydrogen (secondary N) is 2. The number of aromatic nitrogens is 3. The molecule has 6 nitrogen and oxygen atoms in total. The second-order valence-electron chi connectivity index (χ2n) is 5.30. The molecule has 2 rings (SSSR count). The van der Waals surface area contributed by atoms with E-state index in [0.717, 1.165) is 29.9 Å². The molecule has 0 saturated heterocycles. The van der Waals surface area contributed by atoms with Crippen LogP contribution in [0.25, 0.3) is 0 Å². The fourth-order valence-electron chi connectivity index (χ4n) is 2.21. The van der Waals surface area contributed by atoms with Gasteiger partial charge in [-0.05, 0) is 37.1 Å². The fourth-order valence-corrected chi connectivity index (χ4v) is 2.21. The molecule has 2 aromatic heterocycles. The van der Waals surface area contributed by atoms with Crippen LogP contribution in [0.2, 0.25) is 0 Å². The summed E-state index contributed by atoms with van der Waals surface area (Å²) in [6.07, 6.45) is 3.67. The van der Waals surface area contributed by atoms with Crippen LogP contribution in [0.3, 0.4) is 0 Å². The Bertz CT molecular complexity index is 635. The minimum absolute atomic E-state index is 0.101. The largest absolute Gasteiger partial charge is 0.368 e. The van der Waals surface area contributed by atoms with Crippen LogP contribution in [-0.4, -0.2) is 33.8 Å². The van der Waals surface area contributed by atoms with Gasteiger partial charge in [-0.1, -0.05) is 13.3 Å². The first-order valence-electron chi connectivity index (χ1n) is 7.57. The molecule has 6 heteroatoms. The number of hydrogen-bond acceptors (Lipinski definition) is 4. The molecule has 0 aliphatic rings. The molecule has 1 amide bonds. The first-order chi connectivity index (χ1) is 10.6. The summed E-state index contributed by atoms with van der Waals surface area (Å²) in [7, 11) is 1.79. The van der Waals surface area contributed by atoms with Crippen LogP contribution in [0.15, 0.2) is 24.4 Å². The van der Waals surface area contributed by atoms with Gasteiger partial charge in [0.1, 0.15) is 11.5 Å². The van der Waals surface area contributed by atoms with Gasteiger partial charge in [0.25, 0.3) is 5.91 Å². The number of hydrogen-bond donors (Lipinski definition) is 2. The molecule has 2 aromatic rings. The predicted molar refractivity (Wildman–Crippen MR) is 87.0 cm³/mol. The number of carbonyl (C=O) groups excluding carboxylic acids is 1. The van der Waals surface area contributed by atoms with Crippen LogP contribution in [0.1, 0.15) is 35.1 Å². The average molecular weight is 301 g/mol. The second-order valence-corrected chi connectivity index (χ2v) is 5.30. The Labute approximate surface area is 130 Å². The topological polar surface area (TPSA) is 71.8 Å². The van der Waals surface area contributed by atoms with E-state index in [-0.39, 0.29) is 5.91 Å². The van der Waals surface area contributed by atoms with Crippen molar-refractivity contribution in [3.8, 4) is 0 Å². The highest BCUT2D eigenvalue weighted by molar-refractivity contribution is 5.92. The highest BCUT2D eigenvalue weighted by Crippen LogP contribution is 2.06. The number of amides is 1. The second kappa shape index (κ2) is 7.59. The van der Waals surface area contributed by atoms with E-state index in [1.54, 1.807) is 17.9 Å². The van der Waals surface area contributed by atoms with Gasteiger partial charge in [0.05, 0.1) is 5.69 Å². The third kappa shape index (κ3) is 4.31. The van der Waals surface area contributed by atoms with E-state index >= 15 is 0 Å².